The van der Waals surface area contributed by atoms with Gasteiger partial charge in [-0.1, -0.05) is 68.5 Å². The van der Waals surface area contributed by atoms with Gasteiger partial charge in [0.15, 0.2) is 0 Å². The molecule has 0 saturated heterocycles. The van der Waals surface area contributed by atoms with Gasteiger partial charge in [0.1, 0.15) is 19.0 Å². The highest BCUT2D eigenvalue weighted by Crippen LogP contribution is 2.17. The summed E-state index contributed by atoms with van der Waals surface area (Å²) in [4.78, 5) is 38.2. The maximum absolute atomic E-state index is 13.1. The third kappa shape index (κ3) is 14.2. The number of aliphatic hydroxyl groups is 1. The third-order valence-corrected chi connectivity index (χ3v) is 7.09. The zero-order valence-electron chi connectivity index (χ0n) is 25.6. The number of hydrogen-bond donors (Lipinski definition) is 3. The van der Waals surface area contributed by atoms with Gasteiger partial charge in [0.05, 0.1) is 24.6 Å². The van der Waals surface area contributed by atoms with Crippen molar-refractivity contribution in [3.05, 3.63) is 91.0 Å². The number of hydrogen-bond acceptors (Lipinski definition) is 6. The molecule has 0 unspecified atom stereocenters. The Morgan fingerprint density at radius 1 is 0.930 bits per heavy atom. The molecule has 0 aliphatic rings. The Morgan fingerprint density at radius 3 is 2.28 bits per heavy atom. The molecule has 0 spiro atoms. The average Bonchev–Trinajstić information content (AvgIpc) is 3.00. The maximum Gasteiger partial charge on any atom is 0.305 e. The Kier molecular flexibility index (Phi) is 16.5. The molecule has 0 saturated carbocycles. The first kappa shape index (κ1) is 35.3. The molecule has 234 valence electrons. The molecule has 8 nitrogen and oxygen atoms in total. The van der Waals surface area contributed by atoms with E-state index in [1.54, 1.807) is 6.08 Å². The van der Waals surface area contributed by atoms with Gasteiger partial charge in [0, 0.05) is 12.8 Å². The van der Waals surface area contributed by atoms with Crippen LogP contribution in [0.5, 0.6) is 5.75 Å². The molecule has 8 heteroatoms. The summed E-state index contributed by atoms with van der Waals surface area (Å²) in [5.41, 5.74) is 2.01. The van der Waals surface area contributed by atoms with Crippen LogP contribution in [0.3, 0.4) is 0 Å². The Balaban J connectivity index is 1.86. The van der Waals surface area contributed by atoms with E-state index in [4.69, 9.17) is 9.47 Å². The summed E-state index contributed by atoms with van der Waals surface area (Å²) in [6.07, 6.45) is 6.88. The van der Waals surface area contributed by atoms with E-state index in [9.17, 15) is 19.5 Å². The first-order valence-electron chi connectivity index (χ1n) is 15.1. The zero-order chi connectivity index (χ0) is 31.5. The van der Waals surface area contributed by atoms with Crippen molar-refractivity contribution in [3.63, 3.8) is 0 Å². The Morgan fingerprint density at radius 2 is 1.65 bits per heavy atom. The zero-order valence-corrected chi connectivity index (χ0v) is 25.6. The van der Waals surface area contributed by atoms with Crippen LogP contribution in [0.4, 0.5) is 0 Å². The summed E-state index contributed by atoms with van der Waals surface area (Å²) < 4.78 is 11.2. The molecule has 2 rings (SSSR count). The number of esters is 1. The predicted octanol–water partition coefficient (Wildman–Crippen LogP) is 5.30. The topological polar surface area (TPSA) is 114 Å². The number of rotatable bonds is 21. The van der Waals surface area contributed by atoms with Crippen LogP contribution in [0.1, 0.15) is 63.5 Å². The monoisotopic (exact) mass is 592 g/mol. The van der Waals surface area contributed by atoms with Crippen LogP contribution in [-0.2, 0) is 32.1 Å². The van der Waals surface area contributed by atoms with Crippen LogP contribution in [0.2, 0.25) is 0 Å². The molecule has 0 bridgehead atoms. The minimum atomic E-state index is -0.645. The summed E-state index contributed by atoms with van der Waals surface area (Å²) >= 11 is 0. The molecule has 2 amide bonds. The van der Waals surface area contributed by atoms with E-state index in [2.05, 4.69) is 23.8 Å². The van der Waals surface area contributed by atoms with Crippen molar-refractivity contribution >= 4 is 17.8 Å². The van der Waals surface area contributed by atoms with Gasteiger partial charge in [-0.05, 0) is 61.3 Å². The van der Waals surface area contributed by atoms with Crippen LogP contribution in [0.15, 0.2) is 79.9 Å². The number of unbranched alkanes of at least 4 members (excludes halogenated alkanes) is 2. The molecule has 0 radical (unpaired) electrons. The van der Waals surface area contributed by atoms with E-state index >= 15 is 0 Å². The Hall–Kier alpha value is -3.91. The highest BCUT2D eigenvalue weighted by Gasteiger charge is 2.26. The van der Waals surface area contributed by atoms with Gasteiger partial charge in [-0.2, -0.15) is 0 Å². The molecule has 0 heterocycles. The molecule has 0 fully saturated rings. The maximum atomic E-state index is 13.1. The Labute approximate surface area is 256 Å². The molecular formula is C35H48N2O6. The SMILES string of the molecule is C=CCCCCC(=O)OC[C@@H](NC(=O)[C@@H](CC=C)CC(=O)N[C@H](CO)Cc1ccc(OCc2ccccc2)cc1)C(C)C. The van der Waals surface area contributed by atoms with Crippen LogP contribution in [0, 0.1) is 11.8 Å². The second-order valence-corrected chi connectivity index (χ2v) is 11.1. The lowest BCUT2D eigenvalue weighted by atomic mass is 9.97. The van der Waals surface area contributed by atoms with Crippen molar-refractivity contribution in [2.45, 2.75) is 77.5 Å². The van der Waals surface area contributed by atoms with Gasteiger partial charge in [0.25, 0.3) is 0 Å². The lowest BCUT2D eigenvalue weighted by Crippen LogP contribution is -2.46. The smallest absolute Gasteiger partial charge is 0.305 e. The van der Waals surface area contributed by atoms with Crippen molar-refractivity contribution in [1.29, 1.82) is 0 Å². The lowest BCUT2D eigenvalue weighted by molar-refractivity contribution is -0.145. The van der Waals surface area contributed by atoms with E-state index in [0.717, 1.165) is 36.1 Å². The first-order chi connectivity index (χ1) is 20.7. The summed E-state index contributed by atoms with van der Waals surface area (Å²) in [6.45, 7) is 11.6. The normalized spacial score (nSPS) is 12.9. The Bertz CT molecular complexity index is 1130. The number of carbonyl (C=O) groups excluding carboxylic acids is 3. The number of allylic oxidation sites excluding steroid dienone is 2. The number of benzene rings is 2. The second kappa shape index (κ2) is 20.1. The van der Waals surface area contributed by atoms with Crippen molar-refractivity contribution in [1.82, 2.24) is 10.6 Å². The van der Waals surface area contributed by atoms with Crippen LogP contribution in [-0.4, -0.2) is 48.2 Å². The van der Waals surface area contributed by atoms with Crippen molar-refractivity contribution in [3.8, 4) is 5.75 Å². The molecule has 3 atom stereocenters. The number of amides is 2. The van der Waals surface area contributed by atoms with Gasteiger partial charge in [-0.3, -0.25) is 14.4 Å². The highest BCUT2D eigenvalue weighted by molar-refractivity contribution is 5.86. The highest BCUT2D eigenvalue weighted by atomic mass is 16.5. The van der Waals surface area contributed by atoms with Gasteiger partial charge >= 0.3 is 5.97 Å². The standard InChI is InChI=1S/C35H48N2O6/c1-5-7-8-12-16-34(40)43-25-32(26(3)4)37-35(41)29(13-6-2)22-33(39)36-30(23-38)21-27-17-19-31(20-18-27)42-24-28-14-10-9-11-15-28/h5-6,9-11,14-15,17-20,26,29-30,32,38H,1-2,7-8,12-13,16,21-25H2,3-4H3,(H,36,39)(H,37,41)/t29-,30-,32+/m0/s1. The van der Waals surface area contributed by atoms with Crippen LogP contribution >= 0.6 is 0 Å². The number of nitrogens with one attached hydrogen (secondary N) is 2. The fourth-order valence-electron chi connectivity index (χ4n) is 4.42. The van der Waals surface area contributed by atoms with Crippen molar-refractivity contribution < 1.29 is 29.0 Å². The number of ether oxygens (including phenoxy) is 2. The summed E-state index contributed by atoms with van der Waals surface area (Å²) in [5.74, 6) is -0.833. The van der Waals surface area contributed by atoms with Gasteiger partial charge in [0.2, 0.25) is 11.8 Å². The van der Waals surface area contributed by atoms with Crippen LogP contribution in [0.25, 0.3) is 0 Å². The molecule has 0 aliphatic carbocycles. The van der Waals surface area contributed by atoms with Crippen LogP contribution < -0.4 is 15.4 Å². The largest absolute Gasteiger partial charge is 0.489 e. The van der Waals surface area contributed by atoms with E-state index in [0.29, 0.717) is 25.9 Å². The fraction of sp³-hybridized carbons (Fsp3) is 0.457. The van der Waals surface area contributed by atoms with Gasteiger partial charge in [-0.15, -0.1) is 13.2 Å². The lowest BCUT2D eigenvalue weighted by Gasteiger charge is -2.25. The summed E-state index contributed by atoms with van der Waals surface area (Å²) in [6, 6.07) is 16.5. The summed E-state index contributed by atoms with van der Waals surface area (Å²) in [5, 5.41) is 15.7. The predicted molar refractivity (Wildman–Crippen MR) is 169 cm³/mol. The second-order valence-electron chi connectivity index (χ2n) is 11.1. The molecule has 0 aliphatic heterocycles. The minimum absolute atomic E-state index is 0.0182. The van der Waals surface area contributed by atoms with Crippen molar-refractivity contribution in [2.24, 2.45) is 11.8 Å². The molecule has 2 aromatic carbocycles. The fourth-order valence-corrected chi connectivity index (χ4v) is 4.42. The van der Waals surface area contributed by atoms with E-state index < -0.39 is 12.0 Å². The third-order valence-electron chi connectivity index (χ3n) is 7.09. The molecule has 3 N–H and O–H groups in total. The molecule has 43 heavy (non-hydrogen) atoms. The van der Waals surface area contributed by atoms with E-state index in [1.807, 2.05) is 74.5 Å². The molecule has 0 aromatic heterocycles. The first-order valence-corrected chi connectivity index (χ1v) is 15.1. The number of aliphatic hydroxyl groups excluding tert-OH is 1. The van der Waals surface area contributed by atoms with E-state index in [-0.39, 0.29) is 49.4 Å². The summed E-state index contributed by atoms with van der Waals surface area (Å²) in [7, 11) is 0. The number of carbonyl (C=O) groups is 3. The van der Waals surface area contributed by atoms with E-state index in [1.165, 1.54) is 0 Å². The van der Waals surface area contributed by atoms with Gasteiger partial charge < -0.3 is 25.2 Å². The minimum Gasteiger partial charge on any atom is -0.489 e. The molecule has 2 aromatic rings. The average molecular weight is 593 g/mol. The van der Waals surface area contributed by atoms with Crippen molar-refractivity contribution in [2.75, 3.05) is 13.2 Å². The van der Waals surface area contributed by atoms with Gasteiger partial charge in [-0.25, -0.2) is 0 Å². The quantitative estimate of drug-likeness (QED) is 0.103. The molecular weight excluding hydrogens is 544 g/mol.